The standard InChI is InChI=1S/C25H22N4O4/c1-28(24(31)19-14-8-9-15-20(19)33-18-12-6-3-7-13-18)21-22(26)29(25(32)27-23(21)30)16-17-10-4-2-5-11-17/h2-15H,16,26H2,1H3,(H,27,30,32). The minimum atomic E-state index is -0.751. The van der Waals surface area contributed by atoms with Crippen molar-refractivity contribution in [3.05, 3.63) is 117 Å². The van der Waals surface area contributed by atoms with Crippen molar-refractivity contribution in [3.63, 3.8) is 0 Å². The summed E-state index contributed by atoms with van der Waals surface area (Å²) in [5, 5.41) is 0. The van der Waals surface area contributed by atoms with Crippen molar-refractivity contribution < 1.29 is 9.53 Å². The molecule has 3 aromatic carbocycles. The van der Waals surface area contributed by atoms with Crippen LogP contribution in [0.3, 0.4) is 0 Å². The second kappa shape index (κ2) is 9.27. The topological polar surface area (TPSA) is 110 Å². The van der Waals surface area contributed by atoms with Gasteiger partial charge in [0.2, 0.25) is 0 Å². The first-order valence-electron chi connectivity index (χ1n) is 10.2. The molecule has 8 nitrogen and oxygen atoms in total. The number of carbonyl (C=O) groups is 1. The molecule has 0 bridgehead atoms. The Morgan fingerprint density at radius 3 is 2.24 bits per heavy atom. The summed E-state index contributed by atoms with van der Waals surface area (Å²) < 4.78 is 7.10. The zero-order chi connectivity index (χ0) is 23.4. The number of rotatable bonds is 6. The summed E-state index contributed by atoms with van der Waals surface area (Å²) in [4.78, 5) is 41.8. The molecule has 0 spiro atoms. The number of nitrogens with one attached hydrogen (secondary N) is 1. The van der Waals surface area contributed by atoms with Crippen LogP contribution in [0.4, 0.5) is 11.5 Å². The van der Waals surface area contributed by atoms with Crippen LogP contribution in [0.5, 0.6) is 11.5 Å². The third-order valence-corrected chi connectivity index (χ3v) is 5.13. The first-order chi connectivity index (χ1) is 16.0. The van der Waals surface area contributed by atoms with E-state index in [1.54, 1.807) is 36.4 Å². The molecule has 3 N–H and O–H groups in total. The number of para-hydroxylation sites is 2. The summed E-state index contributed by atoms with van der Waals surface area (Å²) in [6.45, 7) is 0.144. The molecule has 0 saturated carbocycles. The molecule has 4 aromatic rings. The van der Waals surface area contributed by atoms with Crippen molar-refractivity contribution in [1.29, 1.82) is 0 Å². The van der Waals surface area contributed by atoms with Crippen LogP contribution in [-0.4, -0.2) is 22.5 Å². The fourth-order valence-electron chi connectivity index (χ4n) is 3.45. The molecule has 0 fully saturated rings. The third kappa shape index (κ3) is 4.54. The molecule has 4 rings (SSSR count). The van der Waals surface area contributed by atoms with Crippen LogP contribution in [0, 0.1) is 0 Å². The fraction of sp³-hybridized carbons (Fsp3) is 0.0800. The molecule has 8 heteroatoms. The predicted octanol–water partition coefficient (Wildman–Crippen LogP) is 3.24. The normalized spacial score (nSPS) is 10.6. The van der Waals surface area contributed by atoms with Crippen LogP contribution in [0.2, 0.25) is 0 Å². The maximum absolute atomic E-state index is 13.4. The van der Waals surface area contributed by atoms with Gasteiger partial charge in [0.15, 0.2) is 5.69 Å². The molecule has 0 aliphatic heterocycles. The number of carbonyl (C=O) groups excluding carboxylic acids is 1. The van der Waals surface area contributed by atoms with Gasteiger partial charge in [-0.15, -0.1) is 0 Å². The summed E-state index contributed by atoms with van der Waals surface area (Å²) in [6.07, 6.45) is 0. The van der Waals surface area contributed by atoms with Crippen LogP contribution >= 0.6 is 0 Å². The minimum Gasteiger partial charge on any atom is -0.457 e. The van der Waals surface area contributed by atoms with E-state index < -0.39 is 17.2 Å². The molecule has 1 amide bonds. The lowest BCUT2D eigenvalue weighted by atomic mass is 10.1. The zero-order valence-electron chi connectivity index (χ0n) is 17.9. The summed E-state index contributed by atoms with van der Waals surface area (Å²) in [5.41, 5.74) is 5.76. The van der Waals surface area contributed by atoms with E-state index in [2.05, 4.69) is 4.98 Å². The van der Waals surface area contributed by atoms with Crippen molar-refractivity contribution in [2.24, 2.45) is 0 Å². The van der Waals surface area contributed by atoms with E-state index in [9.17, 15) is 14.4 Å². The average molecular weight is 442 g/mol. The number of amides is 1. The highest BCUT2D eigenvalue weighted by molar-refractivity contribution is 6.08. The molecule has 0 radical (unpaired) electrons. The lowest BCUT2D eigenvalue weighted by Crippen LogP contribution is -2.39. The molecule has 0 atom stereocenters. The first-order valence-corrected chi connectivity index (χ1v) is 10.2. The number of nitrogens with two attached hydrogens (primary N) is 1. The number of nitrogens with zero attached hydrogens (tertiary/aromatic N) is 2. The highest BCUT2D eigenvalue weighted by atomic mass is 16.5. The van der Waals surface area contributed by atoms with Crippen molar-refractivity contribution in [2.45, 2.75) is 6.54 Å². The Morgan fingerprint density at radius 1 is 0.939 bits per heavy atom. The van der Waals surface area contributed by atoms with Crippen LogP contribution in [0.25, 0.3) is 0 Å². The van der Waals surface area contributed by atoms with Crippen molar-refractivity contribution in [1.82, 2.24) is 9.55 Å². The van der Waals surface area contributed by atoms with Crippen LogP contribution in [0.1, 0.15) is 15.9 Å². The number of hydrogen-bond acceptors (Lipinski definition) is 5. The quantitative estimate of drug-likeness (QED) is 0.476. The van der Waals surface area contributed by atoms with E-state index in [1.165, 1.54) is 11.6 Å². The van der Waals surface area contributed by atoms with E-state index >= 15 is 0 Å². The highest BCUT2D eigenvalue weighted by Gasteiger charge is 2.24. The van der Waals surface area contributed by atoms with E-state index in [1.807, 2.05) is 48.5 Å². The molecule has 1 heterocycles. The van der Waals surface area contributed by atoms with Gasteiger partial charge in [-0.05, 0) is 29.8 Å². The summed E-state index contributed by atoms with van der Waals surface area (Å²) in [5.74, 6) is 0.274. The maximum atomic E-state index is 13.4. The maximum Gasteiger partial charge on any atom is 0.330 e. The molecule has 0 aliphatic rings. The van der Waals surface area contributed by atoms with E-state index in [0.29, 0.717) is 11.5 Å². The highest BCUT2D eigenvalue weighted by Crippen LogP contribution is 2.27. The van der Waals surface area contributed by atoms with Gasteiger partial charge in [-0.3, -0.25) is 19.1 Å². The van der Waals surface area contributed by atoms with Gasteiger partial charge in [0, 0.05) is 7.05 Å². The Kier molecular flexibility index (Phi) is 6.08. The second-order valence-electron chi connectivity index (χ2n) is 7.34. The number of nitrogen functional groups attached to an aromatic ring is 1. The van der Waals surface area contributed by atoms with Crippen molar-refractivity contribution in [3.8, 4) is 11.5 Å². The van der Waals surface area contributed by atoms with Crippen LogP contribution in [-0.2, 0) is 6.54 Å². The summed E-state index contributed by atoms with van der Waals surface area (Å²) in [7, 11) is 1.43. The van der Waals surface area contributed by atoms with Gasteiger partial charge in [0.25, 0.3) is 11.5 Å². The zero-order valence-corrected chi connectivity index (χ0v) is 17.9. The van der Waals surface area contributed by atoms with Gasteiger partial charge in [-0.1, -0.05) is 60.7 Å². The molecular weight excluding hydrogens is 420 g/mol. The Balaban J connectivity index is 1.71. The predicted molar refractivity (Wildman–Crippen MR) is 127 cm³/mol. The molecule has 0 aliphatic carbocycles. The summed E-state index contributed by atoms with van der Waals surface area (Å²) in [6, 6.07) is 25.0. The van der Waals surface area contributed by atoms with E-state index in [4.69, 9.17) is 10.5 Å². The van der Waals surface area contributed by atoms with Gasteiger partial charge in [0.1, 0.15) is 17.3 Å². The minimum absolute atomic E-state index is 0.107. The van der Waals surface area contributed by atoms with Crippen molar-refractivity contribution >= 4 is 17.4 Å². The number of H-pyrrole nitrogens is 1. The van der Waals surface area contributed by atoms with Gasteiger partial charge >= 0.3 is 5.69 Å². The largest absolute Gasteiger partial charge is 0.457 e. The second-order valence-corrected chi connectivity index (χ2v) is 7.34. The van der Waals surface area contributed by atoms with Crippen LogP contribution < -0.4 is 26.6 Å². The Bertz CT molecular complexity index is 1400. The van der Waals surface area contributed by atoms with Gasteiger partial charge < -0.3 is 15.4 Å². The molecule has 166 valence electrons. The number of ether oxygens (including phenoxy) is 1. The lowest BCUT2D eigenvalue weighted by Gasteiger charge is -2.21. The molecule has 33 heavy (non-hydrogen) atoms. The Morgan fingerprint density at radius 2 is 1.55 bits per heavy atom. The van der Waals surface area contributed by atoms with Gasteiger partial charge in [-0.25, -0.2) is 4.79 Å². The number of aromatic amines is 1. The summed E-state index contributed by atoms with van der Waals surface area (Å²) >= 11 is 0. The molecule has 0 unspecified atom stereocenters. The number of anilines is 2. The van der Waals surface area contributed by atoms with E-state index in [0.717, 1.165) is 10.5 Å². The van der Waals surface area contributed by atoms with Gasteiger partial charge in [0.05, 0.1) is 12.1 Å². The van der Waals surface area contributed by atoms with Crippen molar-refractivity contribution in [2.75, 3.05) is 17.7 Å². The molecule has 1 aromatic heterocycles. The van der Waals surface area contributed by atoms with Crippen LogP contribution in [0.15, 0.2) is 94.5 Å². The Hall–Kier alpha value is -4.59. The SMILES string of the molecule is CN(C(=O)c1ccccc1Oc1ccccc1)c1c(N)n(Cc2ccccc2)c(=O)[nH]c1=O. The first kappa shape index (κ1) is 21.6. The molecule has 0 saturated heterocycles. The Labute approximate surface area is 189 Å². The monoisotopic (exact) mass is 442 g/mol. The number of aromatic nitrogens is 2. The number of benzene rings is 3. The van der Waals surface area contributed by atoms with E-state index in [-0.39, 0.29) is 23.6 Å². The lowest BCUT2D eigenvalue weighted by molar-refractivity contribution is 0.0990. The smallest absolute Gasteiger partial charge is 0.330 e. The average Bonchev–Trinajstić information content (AvgIpc) is 2.83. The fourth-order valence-corrected chi connectivity index (χ4v) is 3.45. The third-order valence-electron chi connectivity index (χ3n) is 5.13. The number of hydrogen-bond donors (Lipinski definition) is 2. The molecular formula is C25H22N4O4. The van der Waals surface area contributed by atoms with Gasteiger partial charge in [-0.2, -0.15) is 0 Å².